The molecule has 0 amide bonds. The molecule has 0 spiro atoms. The van der Waals surface area contributed by atoms with Gasteiger partial charge in [-0.15, -0.1) is 0 Å². The van der Waals surface area contributed by atoms with Gasteiger partial charge < -0.3 is 15.2 Å². The molecule has 0 aliphatic carbocycles. The molecule has 0 fully saturated rings. The van der Waals surface area contributed by atoms with Crippen LogP contribution in [-0.4, -0.2) is 30.8 Å². The lowest BCUT2D eigenvalue weighted by molar-refractivity contribution is 0.0600. The normalized spacial score (nSPS) is 12.5. The fourth-order valence-electron chi connectivity index (χ4n) is 1.69. The second kappa shape index (κ2) is 7.62. The van der Waals surface area contributed by atoms with Crippen LogP contribution in [0.4, 0.5) is 0 Å². The summed E-state index contributed by atoms with van der Waals surface area (Å²) >= 11 is 3.44. The Balaban J connectivity index is 2.72. The second-order valence-corrected chi connectivity index (χ2v) is 5.57. The van der Waals surface area contributed by atoms with Crippen molar-refractivity contribution in [2.75, 3.05) is 13.7 Å². The summed E-state index contributed by atoms with van der Waals surface area (Å²) in [4.78, 5) is 11.4. The van der Waals surface area contributed by atoms with Gasteiger partial charge in [-0.1, -0.05) is 35.8 Å². The first-order valence-electron chi connectivity index (χ1n) is 6.20. The molecule has 1 rings (SSSR count). The topological polar surface area (TPSA) is 58.6 Å². The van der Waals surface area contributed by atoms with Gasteiger partial charge in [0.05, 0.1) is 19.3 Å². The third-order valence-electron chi connectivity index (χ3n) is 3.03. The van der Waals surface area contributed by atoms with Gasteiger partial charge in [0.15, 0.2) is 0 Å². The lowest BCUT2D eigenvalue weighted by Crippen LogP contribution is -2.36. The van der Waals surface area contributed by atoms with Crippen LogP contribution in [0.5, 0.6) is 0 Å². The van der Waals surface area contributed by atoms with Crippen LogP contribution >= 0.6 is 15.9 Å². The maximum Gasteiger partial charge on any atom is 0.337 e. The first kappa shape index (κ1) is 16.1. The molecule has 1 aromatic carbocycles. The Morgan fingerprint density at radius 2 is 2.16 bits per heavy atom. The van der Waals surface area contributed by atoms with Gasteiger partial charge in [0.1, 0.15) is 0 Å². The van der Waals surface area contributed by atoms with E-state index in [1.807, 2.05) is 6.07 Å². The Bertz CT molecular complexity index is 435. The third-order valence-corrected chi connectivity index (χ3v) is 3.77. The van der Waals surface area contributed by atoms with Gasteiger partial charge in [0.25, 0.3) is 0 Å². The number of carbonyl (C=O) groups is 1. The highest BCUT2D eigenvalue weighted by Gasteiger charge is 2.13. The second-order valence-electron chi connectivity index (χ2n) is 4.71. The van der Waals surface area contributed by atoms with Crippen molar-refractivity contribution >= 4 is 21.9 Å². The average molecular weight is 330 g/mol. The van der Waals surface area contributed by atoms with Crippen molar-refractivity contribution < 1.29 is 14.6 Å². The number of aliphatic hydroxyl groups excluding tert-OH is 1. The first-order valence-corrected chi connectivity index (χ1v) is 6.99. The van der Waals surface area contributed by atoms with Crippen LogP contribution in [-0.2, 0) is 11.3 Å². The molecule has 0 aromatic heterocycles. The zero-order chi connectivity index (χ0) is 14.4. The molecule has 0 bridgehead atoms. The molecule has 2 N–H and O–H groups in total. The molecule has 4 nitrogen and oxygen atoms in total. The maximum absolute atomic E-state index is 11.4. The minimum atomic E-state index is -0.351. The van der Waals surface area contributed by atoms with E-state index in [1.165, 1.54) is 7.11 Å². The zero-order valence-electron chi connectivity index (χ0n) is 11.4. The van der Waals surface area contributed by atoms with E-state index in [2.05, 4.69) is 39.8 Å². The first-order chi connectivity index (χ1) is 8.99. The van der Waals surface area contributed by atoms with Gasteiger partial charge >= 0.3 is 5.97 Å². The lowest BCUT2D eigenvalue weighted by atomic mass is 10.0. The highest BCUT2D eigenvalue weighted by Crippen LogP contribution is 2.19. The van der Waals surface area contributed by atoms with E-state index in [0.29, 0.717) is 18.0 Å². The molecule has 0 unspecified atom stereocenters. The molecule has 0 heterocycles. The minimum absolute atomic E-state index is 0.0622. The number of aliphatic hydroxyl groups is 1. The number of hydrogen-bond acceptors (Lipinski definition) is 4. The van der Waals surface area contributed by atoms with Crippen LogP contribution in [0.3, 0.4) is 0 Å². The molecule has 5 heteroatoms. The molecular weight excluding hydrogens is 310 g/mol. The van der Waals surface area contributed by atoms with Gasteiger partial charge in [-0.2, -0.15) is 0 Å². The number of methoxy groups -OCH3 is 1. The van der Waals surface area contributed by atoms with Crippen molar-refractivity contribution in [1.82, 2.24) is 5.32 Å². The Morgan fingerprint density at radius 3 is 2.63 bits per heavy atom. The number of halogens is 1. The molecule has 106 valence electrons. The highest BCUT2D eigenvalue weighted by molar-refractivity contribution is 9.10. The SMILES string of the molecule is COC(=O)c1ccc(CN[C@H](CO)C(C)C)c(Br)c1. The highest BCUT2D eigenvalue weighted by atomic mass is 79.9. The lowest BCUT2D eigenvalue weighted by Gasteiger charge is -2.20. The standard InChI is InChI=1S/C14H20BrNO3/c1-9(2)13(8-17)16-7-11-5-4-10(6-12(11)15)14(18)19-3/h4-6,9,13,16-17H,7-8H2,1-3H3/t13-/m1/s1. The van der Waals surface area contributed by atoms with E-state index in [4.69, 9.17) is 0 Å². The Labute approximate surface area is 122 Å². The van der Waals surface area contributed by atoms with Crippen LogP contribution in [0.15, 0.2) is 22.7 Å². The van der Waals surface area contributed by atoms with Gasteiger partial charge in [0, 0.05) is 17.1 Å². The van der Waals surface area contributed by atoms with Crippen molar-refractivity contribution in [2.45, 2.75) is 26.4 Å². The fraction of sp³-hybridized carbons (Fsp3) is 0.500. The molecule has 0 saturated carbocycles. The molecule has 0 saturated heterocycles. The largest absolute Gasteiger partial charge is 0.465 e. The quantitative estimate of drug-likeness (QED) is 0.786. The van der Waals surface area contributed by atoms with E-state index < -0.39 is 0 Å². The maximum atomic E-state index is 11.4. The average Bonchev–Trinajstić information content (AvgIpc) is 2.39. The summed E-state index contributed by atoms with van der Waals surface area (Å²) in [7, 11) is 1.36. The van der Waals surface area contributed by atoms with E-state index in [1.54, 1.807) is 12.1 Å². The van der Waals surface area contributed by atoms with E-state index >= 15 is 0 Å². The molecular formula is C14H20BrNO3. The van der Waals surface area contributed by atoms with Crippen LogP contribution in [0, 0.1) is 5.92 Å². The summed E-state index contributed by atoms with van der Waals surface area (Å²) in [6.45, 7) is 4.85. The summed E-state index contributed by atoms with van der Waals surface area (Å²) < 4.78 is 5.52. The molecule has 19 heavy (non-hydrogen) atoms. The molecule has 0 aliphatic heterocycles. The predicted octanol–water partition coefficient (Wildman–Crippen LogP) is 2.34. The van der Waals surface area contributed by atoms with E-state index in [-0.39, 0.29) is 18.6 Å². The van der Waals surface area contributed by atoms with Crippen LogP contribution in [0.25, 0.3) is 0 Å². The van der Waals surface area contributed by atoms with Crippen molar-refractivity contribution in [1.29, 1.82) is 0 Å². The van der Waals surface area contributed by atoms with Crippen molar-refractivity contribution in [3.8, 4) is 0 Å². The number of hydrogen-bond donors (Lipinski definition) is 2. The van der Waals surface area contributed by atoms with E-state index in [0.717, 1.165) is 10.0 Å². The summed E-state index contributed by atoms with van der Waals surface area (Å²) in [5, 5.41) is 12.5. The number of rotatable bonds is 6. The molecule has 0 radical (unpaired) electrons. The van der Waals surface area contributed by atoms with Crippen LogP contribution in [0.2, 0.25) is 0 Å². The van der Waals surface area contributed by atoms with Crippen LogP contribution in [0.1, 0.15) is 29.8 Å². The van der Waals surface area contributed by atoms with Crippen molar-refractivity contribution in [2.24, 2.45) is 5.92 Å². The monoisotopic (exact) mass is 329 g/mol. The number of nitrogens with one attached hydrogen (secondary N) is 1. The number of carbonyl (C=O) groups excluding carboxylic acids is 1. The predicted molar refractivity (Wildman–Crippen MR) is 78.0 cm³/mol. The summed E-state index contributed by atoms with van der Waals surface area (Å²) in [6, 6.07) is 5.41. The number of esters is 1. The fourth-order valence-corrected chi connectivity index (χ4v) is 2.21. The number of ether oxygens (including phenoxy) is 1. The Morgan fingerprint density at radius 1 is 1.47 bits per heavy atom. The molecule has 0 aliphatic rings. The Hall–Kier alpha value is -0.910. The Kier molecular flexibility index (Phi) is 6.48. The minimum Gasteiger partial charge on any atom is -0.465 e. The van der Waals surface area contributed by atoms with Gasteiger partial charge in [-0.3, -0.25) is 0 Å². The van der Waals surface area contributed by atoms with Crippen LogP contribution < -0.4 is 5.32 Å². The van der Waals surface area contributed by atoms with Crippen molar-refractivity contribution in [3.05, 3.63) is 33.8 Å². The van der Waals surface area contributed by atoms with Crippen molar-refractivity contribution in [3.63, 3.8) is 0 Å². The third kappa shape index (κ3) is 4.60. The molecule has 1 aromatic rings. The zero-order valence-corrected chi connectivity index (χ0v) is 13.0. The van der Waals surface area contributed by atoms with E-state index in [9.17, 15) is 9.90 Å². The smallest absolute Gasteiger partial charge is 0.337 e. The summed E-state index contributed by atoms with van der Waals surface area (Å²) in [6.07, 6.45) is 0. The van der Waals surface area contributed by atoms with Gasteiger partial charge in [0.2, 0.25) is 0 Å². The number of benzene rings is 1. The summed E-state index contributed by atoms with van der Waals surface area (Å²) in [5.41, 5.74) is 1.55. The molecule has 1 atom stereocenters. The van der Waals surface area contributed by atoms with Gasteiger partial charge in [-0.25, -0.2) is 4.79 Å². The summed E-state index contributed by atoms with van der Waals surface area (Å²) in [5.74, 6) is 0.00809. The van der Waals surface area contributed by atoms with Gasteiger partial charge in [-0.05, 0) is 23.6 Å².